The van der Waals surface area contributed by atoms with Crippen molar-refractivity contribution >= 4 is 27.9 Å². The summed E-state index contributed by atoms with van der Waals surface area (Å²) in [4.78, 5) is 23.8. The molecule has 0 atom stereocenters. The molecule has 0 bridgehead atoms. The van der Waals surface area contributed by atoms with Crippen LogP contribution in [0.15, 0.2) is 24.3 Å². The number of aryl methyl sites for hydroxylation is 1. The van der Waals surface area contributed by atoms with Crippen molar-refractivity contribution in [2.75, 3.05) is 11.9 Å². The van der Waals surface area contributed by atoms with Gasteiger partial charge in [-0.2, -0.15) is 5.26 Å². The first-order valence-corrected chi connectivity index (χ1v) is 9.12. The maximum Gasteiger partial charge on any atom is 0.310 e. The van der Waals surface area contributed by atoms with Crippen LogP contribution < -0.4 is 10.1 Å². The van der Waals surface area contributed by atoms with Gasteiger partial charge in [-0.25, -0.2) is 0 Å². The van der Waals surface area contributed by atoms with E-state index >= 15 is 0 Å². The van der Waals surface area contributed by atoms with E-state index in [1.807, 2.05) is 0 Å². The quantitative estimate of drug-likeness (QED) is 0.489. The topological polar surface area (TPSA) is 105 Å². The van der Waals surface area contributed by atoms with Gasteiger partial charge in [0.25, 0.3) is 5.91 Å². The van der Waals surface area contributed by atoms with Crippen LogP contribution in [0.25, 0.3) is 0 Å². The third-order valence-electron chi connectivity index (χ3n) is 4.21. The molecule has 1 N–H and O–H groups in total. The number of nitro groups is 1. The summed E-state index contributed by atoms with van der Waals surface area (Å²) < 4.78 is 5.30. The highest BCUT2D eigenvalue weighted by Crippen LogP contribution is 2.37. The number of para-hydroxylation sites is 2. The predicted molar refractivity (Wildman–Crippen MR) is 97.5 cm³/mol. The standard InChI is InChI=1S/C18H17N3O4S/c19-10-13-12-6-2-1-3-9-16(12)26-18(13)20-17(22)11-25-15-8-5-4-7-14(15)21(23)24/h4-5,7-8H,1-3,6,9,11H2,(H,20,22). The van der Waals surface area contributed by atoms with Crippen LogP contribution in [0.1, 0.15) is 35.3 Å². The molecule has 26 heavy (non-hydrogen) atoms. The molecule has 7 nitrogen and oxygen atoms in total. The van der Waals surface area contributed by atoms with E-state index in [4.69, 9.17) is 4.74 Å². The lowest BCUT2D eigenvalue weighted by molar-refractivity contribution is -0.385. The summed E-state index contributed by atoms with van der Waals surface area (Å²) in [5, 5.41) is 23.7. The van der Waals surface area contributed by atoms with Crippen LogP contribution in [-0.4, -0.2) is 17.4 Å². The summed E-state index contributed by atoms with van der Waals surface area (Å²) in [6.45, 7) is -0.363. The van der Waals surface area contributed by atoms with E-state index in [1.54, 1.807) is 6.07 Å². The van der Waals surface area contributed by atoms with E-state index in [1.165, 1.54) is 29.5 Å². The summed E-state index contributed by atoms with van der Waals surface area (Å²) in [7, 11) is 0. The van der Waals surface area contributed by atoms with Gasteiger partial charge in [0.05, 0.1) is 10.5 Å². The molecule has 0 spiro atoms. The average molecular weight is 371 g/mol. The summed E-state index contributed by atoms with van der Waals surface area (Å²) in [5.41, 5.74) is 1.39. The number of anilines is 1. The van der Waals surface area contributed by atoms with Crippen LogP contribution in [0.3, 0.4) is 0 Å². The number of nitriles is 1. The molecular weight excluding hydrogens is 354 g/mol. The van der Waals surface area contributed by atoms with Gasteiger partial charge in [0.1, 0.15) is 11.1 Å². The normalized spacial score (nSPS) is 13.2. The summed E-state index contributed by atoms with van der Waals surface area (Å²) in [5.74, 6) is -0.411. The smallest absolute Gasteiger partial charge is 0.310 e. The van der Waals surface area contributed by atoms with Gasteiger partial charge in [0.15, 0.2) is 12.4 Å². The van der Waals surface area contributed by atoms with Gasteiger partial charge in [-0.3, -0.25) is 14.9 Å². The molecule has 1 amide bonds. The number of nitrogens with one attached hydrogen (secondary N) is 1. The second-order valence-electron chi connectivity index (χ2n) is 5.94. The van der Waals surface area contributed by atoms with Gasteiger partial charge in [0, 0.05) is 10.9 Å². The van der Waals surface area contributed by atoms with Crippen LogP contribution in [0.4, 0.5) is 10.7 Å². The van der Waals surface area contributed by atoms with Crippen molar-refractivity contribution in [3.63, 3.8) is 0 Å². The summed E-state index contributed by atoms with van der Waals surface area (Å²) >= 11 is 1.44. The molecule has 1 aromatic heterocycles. The van der Waals surface area contributed by atoms with E-state index in [9.17, 15) is 20.2 Å². The van der Waals surface area contributed by atoms with Gasteiger partial charge in [-0.1, -0.05) is 18.6 Å². The first-order valence-electron chi connectivity index (χ1n) is 8.31. The van der Waals surface area contributed by atoms with E-state index in [-0.39, 0.29) is 18.0 Å². The second-order valence-corrected chi connectivity index (χ2v) is 7.05. The number of nitro benzene ring substituents is 1. The first kappa shape index (κ1) is 17.9. The predicted octanol–water partition coefficient (Wildman–Crippen LogP) is 3.81. The number of rotatable bonds is 5. The van der Waals surface area contributed by atoms with Gasteiger partial charge in [0.2, 0.25) is 0 Å². The molecule has 1 heterocycles. The van der Waals surface area contributed by atoms with Crippen molar-refractivity contribution in [2.45, 2.75) is 32.1 Å². The van der Waals surface area contributed by atoms with E-state index in [0.29, 0.717) is 10.6 Å². The molecule has 0 aliphatic heterocycles. The van der Waals surface area contributed by atoms with Crippen LogP contribution in [0.2, 0.25) is 0 Å². The number of benzene rings is 1. The second kappa shape index (κ2) is 7.97. The Bertz CT molecular complexity index is 885. The Kier molecular flexibility index (Phi) is 5.49. The van der Waals surface area contributed by atoms with Crippen molar-refractivity contribution in [3.05, 3.63) is 50.4 Å². The maximum atomic E-state index is 12.2. The Hall–Kier alpha value is -2.92. The molecule has 1 aliphatic carbocycles. The van der Waals surface area contributed by atoms with E-state index in [2.05, 4.69) is 11.4 Å². The minimum atomic E-state index is -0.558. The minimum Gasteiger partial charge on any atom is -0.477 e. The number of amides is 1. The molecule has 134 valence electrons. The molecular formula is C18H17N3O4S. The number of carbonyl (C=O) groups is 1. The zero-order valence-corrected chi connectivity index (χ0v) is 14.8. The number of hydrogen-bond donors (Lipinski definition) is 1. The van der Waals surface area contributed by atoms with Crippen LogP contribution in [-0.2, 0) is 17.6 Å². The Labute approximate surface area is 154 Å². The molecule has 0 fully saturated rings. The van der Waals surface area contributed by atoms with Crippen LogP contribution in [0, 0.1) is 21.4 Å². The largest absolute Gasteiger partial charge is 0.477 e. The molecule has 8 heteroatoms. The lowest BCUT2D eigenvalue weighted by Gasteiger charge is -2.07. The van der Waals surface area contributed by atoms with E-state index < -0.39 is 10.8 Å². The fraction of sp³-hybridized carbons (Fsp3) is 0.333. The lowest BCUT2D eigenvalue weighted by Crippen LogP contribution is -2.20. The Balaban J connectivity index is 1.70. The molecule has 0 saturated heterocycles. The van der Waals surface area contributed by atoms with Crippen LogP contribution in [0.5, 0.6) is 5.75 Å². The summed E-state index contributed by atoms with van der Waals surface area (Å²) in [6, 6.07) is 8.09. The van der Waals surface area contributed by atoms with Gasteiger partial charge in [-0.05, 0) is 37.3 Å². The molecule has 3 rings (SSSR count). The number of fused-ring (bicyclic) bond motifs is 1. The van der Waals surface area contributed by atoms with Crippen molar-refractivity contribution in [1.82, 2.24) is 0 Å². The Morgan fingerprint density at radius 1 is 1.31 bits per heavy atom. The minimum absolute atomic E-state index is 0.0371. The zero-order chi connectivity index (χ0) is 18.5. The highest BCUT2D eigenvalue weighted by molar-refractivity contribution is 7.16. The fourth-order valence-corrected chi connectivity index (χ4v) is 4.24. The first-order chi connectivity index (χ1) is 12.6. The SMILES string of the molecule is N#Cc1c(NC(=O)COc2ccccc2[N+](=O)[O-])sc2c1CCCCC2. The number of nitrogens with zero attached hydrogens (tertiary/aromatic N) is 2. The molecule has 0 unspecified atom stereocenters. The van der Waals surface area contributed by atoms with Crippen molar-refractivity contribution in [3.8, 4) is 11.8 Å². The lowest BCUT2D eigenvalue weighted by atomic mass is 10.1. The fourth-order valence-electron chi connectivity index (χ4n) is 2.99. The maximum absolute atomic E-state index is 12.2. The highest BCUT2D eigenvalue weighted by Gasteiger charge is 2.21. The van der Waals surface area contributed by atoms with Crippen LogP contribution >= 0.6 is 11.3 Å². The van der Waals surface area contributed by atoms with Gasteiger partial charge in [-0.15, -0.1) is 11.3 Å². The highest BCUT2D eigenvalue weighted by atomic mass is 32.1. The third kappa shape index (κ3) is 3.83. The Morgan fingerprint density at radius 3 is 2.85 bits per heavy atom. The number of carbonyl (C=O) groups excluding carboxylic acids is 1. The zero-order valence-electron chi connectivity index (χ0n) is 14.0. The molecule has 0 radical (unpaired) electrons. The van der Waals surface area contributed by atoms with Crippen molar-refractivity contribution in [1.29, 1.82) is 5.26 Å². The average Bonchev–Trinajstić information content (AvgIpc) is 2.79. The van der Waals surface area contributed by atoms with Gasteiger partial charge >= 0.3 is 5.69 Å². The molecule has 1 aliphatic rings. The summed E-state index contributed by atoms with van der Waals surface area (Å²) in [6.07, 6.45) is 5.07. The number of hydrogen-bond acceptors (Lipinski definition) is 6. The van der Waals surface area contributed by atoms with Crippen molar-refractivity contribution < 1.29 is 14.5 Å². The van der Waals surface area contributed by atoms with Gasteiger partial charge < -0.3 is 10.1 Å². The molecule has 0 saturated carbocycles. The monoisotopic (exact) mass is 371 g/mol. The van der Waals surface area contributed by atoms with E-state index in [0.717, 1.165) is 42.5 Å². The van der Waals surface area contributed by atoms with Crippen molar-refractivity contribution in [2.24, 2.45) is 0 Å². The molecule has 1 aromatic carbocycles. The molecule has 2 aromatic rings. The Morgan fingerprint density at radius 2 is 2.08 bits per heavy atom. The third-order valence-corrected chi connectivity index (χ3v) is 5.41. The number of ether oxygens (including phenoxy) is 1. The number of thiophene rings is 1.